The van der Waals surface area contributed by atoms with E-state index in [1.807, 2.05) is 21.1 Å². The number of esters is 2. The minimum Gasteiger partial charge on any atom is -0.462 e. The van der Waals surface area contributed by atoms with Crippen LogP contribution in [-0.2, 0) is 32.7 Å². The molecule has 2 unspecified atom stereocenters. The van der Waals surface area contributed by atoms with Gasteiger partial charge < -0.3 is 18.9 Å². The molecule has 0 radical (unpaired) electrons. The van der Waals surface area contributed by atoms with Gasteiger partial charge in [0.15, 0.2) is 6.10 Å². The minimum absolute atomic E-state index is 0.0224. The van der Waals surface area contributed by atoms with Gasteiger partial charge in [-0.2, -0.15) is 0 Å². The molecule has 9 nitrogen and oxygen atoms in total. The van der Waals surface area contributed by atoms with E-state index in [9.17, 15) is 19.0 Å². The number of nitrogens with zero attached hydrogens (tertiary/aromatic N) is 1. The van der Waals surface area contributed by atoms with Gasteiger partial charge in [-0.25, -0.2) is 4.57 Å². The number of likely N-dealkylation sites (N-methyl/N-ethyl adjacent to an activating group) is 1. The number of rotatable bonds is 59. The van der Waals surface area contributed by atoms with E-state index in [0.29, 0.717) is 17.4 Å². The van der Waals surface area contributed by atoms with Crippen LogP contribution in [0.5, 0.6) is 0 Å². The van der Waals surface area contributed by atoms with Gasteiger partial charge in [0.2, 0.25) is 0 Å². The number of carbonyl (C=O) groups is 2. The Kier molecular flexibility index (Phi) is 58.8. The van der Waals surface area contributed by atoms with E-state index in [0.717, 1.165) is 122 Å². The normalized spacial score (nSPS) is 14.1. The van der Waals surface area contributed by atoms with Crippen LogP contribution in [0.4, 0.5) is 0 Å². The summed E-state index contributed by atoms with van der Waals surface area (Å²) in [5.41, 5.74) is 0. The average molecular weight is 1160 g/mol. The summed E-state index contributed by atoms with van der Waals surface area (Å²) in [5, 5.41) is 0. The molecule has 0 saturated carbocycles. The number of hydrogen-bond donors (Lipinski definition) is 1. The van der Waals surface area contributed by atoms with Crippen molar-refractivity contribution in [2.24, 2.45) is 0 Å². The number of quaternary nitrogens is 1. The molecule has 2 atom stereocenters. The summed E-state index contributed by atoms with van der Waals surface area (Å²) in [6, 6.07) is 0. The predicted octanol–water partition coefficient (Wildman–Crippen LogP) is 21.3. The fourth-order valence-corrected chi connectivity index (χ4v) is 9.41. The van der Waals surface area contributed by atoms with Crippen LogP contribution in [0.2, 0.25) is 0 Å². The second-order valence-corrected chi connectivity index (χ2v) is 24.2. The first-order valence-corrected chi connectivity index (χ1v) is 34.4. The van der Waals surface area contributed by atoms with Crippen LogP contribution in [0.15, 0.2) is 134 Å². The lowest BCUT2D eigenvalue weighted by Gasteiger charge is -2.24. The first-order chi connectivity index (χ1) is 40.0. The lowest BCUT2D eigenvalue weighted by atomic mass is 10.0. The molecule has 0 fully saturated rings. The highest BCUT2D eigenvalue weighted by atomic mass is 31.2. The molecule has 0 heterocycles. The largest absolute Gasteiger partial charge is 0.472 e. The summed E-state index contributed by atoms with van der Waals surface area (Å²) in [6.07, 6.45) is 89.7. The van der Waals surface area contributed by atoms with Crippen molar-refractivity contribution in [1.82, 2.24) is 0 Å². The molecular formula is C72H123NO8P+. The van der Waals surface area contributed by atoms with Crippen LogP contribution in [-0.4, -0.2) is 74.9 Å². The third-order valence-electron chi connectivity index (χ3n) is 13.7. The number of allylic oxidation sites excluding steroid dienone is 22. The molecule has 1 N–H and O–H groups in total. The highest BCUT2D eigenvalue weighted by Gasteiger charge is 2.27. The fourth-order valence-electron chi connectivity index (χ4n) is 8.67. The molecule has 0 spiro atoms. The van der Waals surface area contributed by atoms with Crippen molar-refractivity contribution in [3.8, 4) is 0 Å². The van der Waals surface area contributed by atoms with Crippen LogP contribution < -0.4 is 0 Å². The Morgan fingerprint density at radius 3 is 1.04 bits per heavy atom. The molecule has 0 aromatic heterocycles. The van der Waals surface area contributed by atoms with Gasteiger partial charge >= 0.3 is 19.8 Å². The van der Waals surface area contributed by atoms with Crippen LogP contribution in [0.25, 0.3) is 0 Å². The zero-order chi connectivity index (χ0) is 59.8. The maximum Gasteiger partial charge on any atom is 0.472 e. The summed E-state index contributed by atoms with van der Waals surface area (Å²) >= 11 is 0. The third-order valence-corrected chi connectivity index (χ3v) is 14.7. The lowest BCUT2D eigenvalue weighted by Crippen LogP contribution is -2.37. The molecule has 0 aromatic carbocycles. The van der Waals surface area contributed by atoms with Crippen molar-refractivity contribution in [1.29, 1.82) is 0 Å². The van der Waals surface area contributed by atoms with E-state index in [1.54, 1.807) is 0 Å². The second kappa shape index (κ2) is 61.7. The van der Waals surface area contributed by atoms with Gasteiger partial charge in [0.05, 0.1) is 27.7 Å². The van der Waals surface area contributed by atoms with Crippen molar-refractivity contribution in [2.45, 2.75) is 264 Å². The summed E-state index contributed by atoms with van der Waals surface area (Å²) in [4.78, 5) is 35.8. The van der Waals surface area contributed by atoms with Crippen molar-refractivity contribution < 1.29 is 42.1 Å². The van der Waals surface area contributed by atoms with E-state index >= 15 is 0 Å². The maximum atomic E-state index is 12.8. The molecule has 0 aliphatic heterocycles. The van der Waals surface area contributed by atoms with Crippen molar-refractivity contribution >= 4 is 19.8 Å². The molecule has 0 saturated heterocycles. The molecule has 0 aliphatic rings. The van der Waals surface area contributed by atoms with E-state index in [1.165, 1.54) is 103 Å². The highest BCUT2D eigenvalue weighted by Crippen LogP contribution is 2.43. The van der Waals surface area contributed by atoms with Crippen LogP contribution in [0.3, 0.4) is 0 Å². The zero-order valence-corrected chi connectivity index (χ0v) is 54.1. The van der Waals surface area contributed by atoms with Crippen molar-refractivity contribution in [3.05, 3.63) is 134 Å². The lowest BCUT2D eigenvalue weighted by molar-refractivity contribution is -0.870. The number of hydrogen-bond acceptors (Lipinski definition) is 7. The number of phosphoric acid groups is 1. The molecule has 82 heavy (non-hydrogen) atoms. The number of ether oxygens (including phenoxy) is 2. The van der Waals surface area contributed by atoms with E-state index in [4.69, 9.17) is 18.5 Å². The minimum atomic E-state index is -4.40. The van der Waals surface area contributed by atoms with E-state index in [2.05, 4.69) is 148 Å². The summed E-state index contributed by atoms with van der Waals surface area (Å²) in [5.74, 6) is -0.820. The van der Waals surface area contributed by atoms with Crippen molar-refractivity contribution in [2.75, 3.05) is 47.5 Å². The Labute approximate surface area is 504 Å². The van der Waals surface area contributed by atoms with Crippen molar-refractivity contribution in [3.63, 3.8) is 0 Å². The Hall–Kier alpha value is -3.85. The molecule has 0 aliphatic carbocycles. The molecule has 468 valence electrons. The molecule has 10 heteroatoms. The molecule has 0 amide bonds. The van der Waals surface area contributed by atoms with Crippen LogP contribution >= 0.6 is 7.82 Å². The first-order valence-electron chi connectivity index (χ1n) is 32.9. The average Bonchev–Trinajstić information content (AvgIpc) is 3.46. The van der Waals surface area contributed by atoms with Gasteiger partial charge in [0, 0.05) is 12.8 Å². The fraction of sp³-hybridized carbons (Fsp3) is 0.667. The standard InChI is InChI=1S/C72H122NO8P/c1-6-8-10-12-14-16-18-20-22-24-26-27-28-29-30-31-32-33-34-35-36-37-38-39-40-41-42-43-44-45-47-49-51-53-55-57-59-61-63-65-72(75)81-70(69-80-82(76,77)79-67-66-73(3,4)5)68-78-71(74)64-62-60-58-56-54-52-50-48-46-25-23-21-19-17-15-13-11-9-7-2/h8,10,14,16,20,22,26-27,29-30,32-33,35-36,38-39,41-42,44-45,49,51,70H,6-7,9,11-13,15,17-19,21,23-25,28,31,34,37,40,43,46-48,50,52-69H2,1-5H3/p+1/b10-8-,16-14-,22-20-,27-26-,30-29-,33-32-,36-35-,39-38-,42-41-,45-44-,51-49-. The van der Waals surface area contributed by atoms with E-state index < -0.39 is 26.5 Å². The number of phosphoric ester groups is 1. The van der Waals surface area contributed by atoms with Gasteiger partial charge in [0.1, 0.15) is 19.8 Å². The SMILES string of the molecule is CC/C=C\C/C=C\C/C=C\C/C=C\C/C=C\C/C=C\C/C=C\C/C=C\C/C=C\C/C=C\C/C=C\CCCCCCCC(=O)OC(COC(=O)CCCCCCCCCCCCCCCCCCCCC)COP(=O)(O)OCC[N+](C)(C)C. The second-order valence-electron chi connectivity index (χ2n) is 22.8. The third kappa shape index (κ3) is 65.3. The molecule has 0 bridgehead atoms. The monoisotopic (exact) mass is 1160 g/mol. The van der Waals surface area contributed by atoms with E-state index in [-0.39, 0.29) is 32.0 Å². The molecular weight excluding hydrogens is 1040 g/mol. The smallest absolute Gasteiger partial charge is 0.462 e. The Bertz CT molecular complexity index is 1850. The summed E-state index contributed by atoms with van der Waals surface area (Å²) in [6.45, 7) is 4.31. The van der Waals surface area contributed by atoms with Gasteiger partial charge in [-0.15, -0.1) is 0 Å². The van der Waals surface area contributed by atoms with Gasteiger partial charge in [0.25, 0.3) is 0 Å². The maximum absolute atomic E-state index is 12.8. The summed E-state index contributed by atoms with van der Waals surface area (Å²) in [7, 11) is 1.45. The first kappa shape index (κ1) is 78.1. The Morgan fingerprint density at radius 1 is 0.390 bits per heavy atom. The van der Waals surface area contributed by atoms with Gasteiger partial charge in [-0.3, -0.25) is 18.6 Å². The Morgan fingerprint density at radius 2 is 0.695 bits per heavy atom. The molecule has 0 aromatic rings. The number of unbranched alkanes of at least 4 members (excludes halogenated alkanes) is 23. The van der Waals surface area contributed by atoms with Gasteiger partial charge in [-0.1, -0.05) is 282 Å². The molecule has 0 rings (SSSR count). The quantitative estimate of drug-likeness (QED) is 0.0211. The Balaban J connectivity index is 4.17. The van der Waals surface area contributed by atoms with Crippen LogP contribution in [0, 0.1) is 0 Å². The van der Waals surface area contributed by atoms with Gasteiger partial charge in [-0.05, 0) is 96.3 Å². The number of carbonyl (C=O) groups excluding carboxylic acids is 2. The predicted molar refractivity (Wildman–Crippen MR) is 353 cm³/mol. The van der Waals surface area contributed by atoms with Crippen LogP contribution in [0.1, 0.15) is 258 Å². The highest BCUT2D eigenvalue weighted by molar-refractivity contribution is 7.47. The summed E-state index contributed by atoms with van der Waals surface area (Å²) < 4.78 is 34.6. The zero-order valence-electron chi connectivity index (χ0n) is 53.2. The topological polar surface area (TPSA) is 108 Å².